The maximum absolute atomic E-state index is 12.1. The minimum Gasteiger partial charge on any atom is -0.394 e. The second kappa shape index (κ2) is 6.01. The van der Waals surface area contributed by atoms with Crippen molar-refractivity contribution in [3.63, 3.8) is 0 Å². The highest BCUT2D eigenvalue weighted by Gasteiger charge is 2.13. The molecule has 3 aromatic rings. The second-order valence-corrected chi connectivity index (χ2v) is 5.19. The third-order valence-corrected chi connectivity index (χ3v) is 3.38. The predicted molar refractivity (Wildman–Crippen MR) is 88.0 cm³/mol. The van der Waals surface area contributed by atoms with E-state index in [1.807, 2.05) is 0 Å². The number of aromatic amines is 1. The molecule has 0 bridgehead atoms. The Balaban J connectivity index is 2.21. The Kier molecular flexibility index (Phi) is 3.90. The van der Waals surface area contributed by atoms with Crippen molar-refractivity contribution in [3.8, 4) is 11.3 Å². The molecule has 8 nitrogen and oxygen atoms in total. The van der Waals surface area contributed by atoms with E-state index in [1.165, 1.54) is 0 Å². The summed E-state index contributed by atoms with van der Waals surface area (Å²) >= 11 is 0. The summed E-state index contributed by atoms with van der Waals surface area (Å²) in [5.74, 6) is 0.580. The van der Waals surface area contributed by atoms with Gasteiger partial charge in [0.2, 0.25) is 5.95 Å². The number of hydrogen-bond acceptors (Lipinski definition) is 7. The van der Waals surface area contributed by atoms with Gasteiger partial charge in [0.15, 0.2) is 0 Å². The average Bonchev–Trinajstić information content (AvgIpc) is 2.55. The Labute approximate surface area is 131 Å². The van der Waals surface area contributed by atoms with E-state index in [9.17, 15) is 9.90 Å². The van der Waals surface area contributed by atoms with E-state index in [0.29, 0.717) is 22.5 Å². The molecule has 0 aliphatic rings. The number of hydrogen-bond donors (Lipinski definition) is 4. The lowest BCUT2D eigenvalue weighted by atomic mass is 10.1. The second-order valence-electron chi connectivity index (χ2n) is 5.19. The van der Waals surface area contributed by atoms with Crippen LogP contribution in [-0.4, -0.2) is 37.7 Å². The zero-order chi connectivity index (χ0) is 16.4. The minimum absolute atomic E-state index is 0.0802. The lowest BCUT2D eigenvalue weighted by molar-refractivity contribution is 0.281. The van der Waals surface area contributed by atoms with Crippen LogP contribution in [0.15, 0.2) is 35.5 Å². The van der Waals surface area contributed by atoms with Crippen molar-refractivity contribution in [3.05, 3.63) is 41.1 Å². The Morgan fingerprint density at radius 1 is 1.39 bits per heavy atom. The summed E-state index contributed by atoms with van der Waals surface area (Å²) in [6.07, 6.45) is 4.72. The quantitative estimate of drug-likeness (QED) is 0.559. The van der Waals surface area contributed by atoms with Gasteiger partial charge in [-0.05, 0) is 24.4 Å². The third-order valence-electron chi connectivity index (χ3n) is 3.38. The van der Waals surface area contributed by atoms with E-state index in [4.69, 9.17) is 5.73 Å². The van der Waals surface area contributed by atoms with Gasteiger partial charge < -0.3 is 21.1 Å². The van der Waals surface area contributed by atoms with Gasteiger partial charge in [-0.15, -0.1) is 0 Å². The van der Waals surface area contributed by atoms with Gasteiger partial charge in [0, 0.05) is 30.2 Å². The molecule has 3 rings (SSSR count). The Morgan fingerprint density at radius 3 is 2.83 bits per heavy atom. The van der Waals surface area contributed by atoms with Crippen LogP contribution in [0.2, 0.25) is 0 Å². The van der Waals surface area contributed by atoms with Crippen LogP contribution in [0.4, 0.5) is 11.8 Å². The summed E-state index contributed by atoms with van der Waals surface area (Å²) in [7, 11) is 0. The first-order valence-corrected chi connectivity index (χ1v) is 7.06. The molecule has 1 unspecified atom stereocenters. The molecule has 5 N–H and O–H groups in total. The highest BCUT2D eigenvalue weighted by atomic mass is 16.3. The van der Waals surface area contributed by atoms with Gasteiger partial charge in [-0.1, -0.05) is 0 Å². The number of nitrogens with one attached hydrogen (secondary N) is 2. The molecule has 0 saturated carbocycles. The van der Waals surface area contributed by atoms with Crippen LogP contribution >= 0.6 is 0 Å². The van der Waals surface area contributed by atoms with E-state index < -0.39 is 0 Å². The lowest BCUT2D eigenvalue weighted by Gasteiger charge is -2.14. The molecule has 0 radical (unpaired) electrons. The van der Waals surface area contributed by atoms with E-state index in [-0.39, 0.29) is 24.2 Å². The molecule has 0 saturated heterocycles. The highest BCUT2D eigenvalue weighted by Crippen LogP contribution is 2.25. The monoisotopic (exact) mass is 312 g/mol. The number of aliphatic hydroxyl groups is 1. The summed E-state index contributed by atoms with van der Waals surface area (Å²) in [4.78, 5) is 27.2. The number of H-pyrrole nitrogens is 1. The molecule has 0 amide bonds. The number of aromatic nitrogens is 4. The zero-order valence-electron chi connectivity index (χ0n) is 12.4. The molecule has 8 heteroatoms. The molecule has 0 aromatic carbocycles. The standard InChI is InChI=1S/C15H16N6O2/c1-8(7-22)20-13-12-9(2-3-17-14(12)23)4-11(21-13)10-5-18-15(16)19-6-10/h2-6,8,22H,7H2,1H3,(H,17,23)(H,20,21)(H2,16,18,19). The summed E-state index contributed by atoms with van der Waals surface area (Å²) in [5, 5.41) is 13.5. The Hall–Kier alpha value is -3.00. The van der Waals surface area contributed by atoms with E-state index in [2.05, 4.69) is 25.3 Å². The molecular weight excluding hydrogens is 296 g/mol. The van der Waals surface area contributed by atoms with Crippen molar-refractivity contribution >= 4 is 22.5 Å². The molecule has 118 valence electrons. The van der Waals surface area contributed by atoms with E-state index >= 15 is 0 Å². The van der Waals surface area contributed by atoms with Crippen molar-refractivity contribution in [2.75, 3.05) is 17.7 Å². The molecule has 0 fully saturated rings. The highest BCUT2D eigenvalue weighted by molar-refractivity contribution is 5.93. The maximum Gasteiger partial charge on any atom is 0.259 e. The summed E-state index contributed by atoms with van der Waals surface area (Å²) in [5.41, 5.74) is 6.54. The van der Waals surface area contributed by atoms with Crippen LogP contribution in [-0.2, 0) is 0 Å². The van der Waals surface area contributed by atoms with Gasteiger partial charge in [-0.3, -0.25) is 4.79 Å². The van der Waals surface area contributed by atoms with Gasteiger partial charge in [-0.25, -0.2) is 15.0 Å². The normalized spacial score (nSPS) is 12.3. The molecule has 3 heterocycles. The van der Waals surface area contributed by atoms with Crippen LogP contribution in [0.25, 0.3) is 22.0 Å². The molecule has 23 heavy (non-hydrogen) atoms. The number of nitrogens with two attached hydrogens (primary N) is 1. The number of rotatable bonds is 4. The van der Waals surface area contributed by atoms with Gasteiger partial charge in [0.05, 0.1) is 17.7 Å². The first-order valence-electron chi connectivity index (χ1n) is 7.06. The first kappa shape index (κ1) is 14.9. The van der Waals surface area contributed by atoms with Crippen molar-refractivity contribution in [1.29, 1.82) is 0 Å². The Morgan fingerprint density at radius 2 is 2.13 bits per heavy atom. The fourth-order valence-corrected chi connectivity index (χ4v) is 2.22. The van der Waals surface area contributed by atoms with Crippen LogP contribution in [0.5, 0.6) is 0 Å². The van der Waals surface area contributed by atoms with Gasteiger partial charge in [-0.2, -0.15) is 0 Å². The Bertz CT molecular complexity index is 891. The minimum atomic E-state index is -0.247. The van der Waals surface area contributed by atoms with Crippen LogP contribution in [0, 0.1) is 0 Å². The molecule has 0 spiro atoms. The fraction of sp³-hybridized carbons (Fsp3) is 0.200. The van der Waals surface area contributed by atoms with Crippen molar-refractivity contribution in [2.24, 2.45) is 0 Å². The zero-order valence-corrected chi connectivity index (χ0v) is 12.4. The van der Waals surface area contributed by atoms with Crippen molar-refractivity contribution in [2.45, 2.75) is 13.0 Å². The molecule has 1 atom stereocenters. The largest absolute Gasteiger partial charge is 0.394 e. The van der Waals surface area contributed by atoms with Crippen LogP contribution < -0.4 is 16.6 Å². The molecule has 3 aromatic heterocycles. The van der Waals surface area contributed by atoms with Gasteiger partial charge in [0.25, 0.3) is 5.56 Å². The number of nitrogen functional groups attached to an aromatic ring is 1. The number of anilines is 2. The smallest absolute Gasteiger partial charge is 0.259 e. The molecule has 0 aliphatic carbocycles. The van der Waals surface area contributed by atoms with Crippen molar-refractivity contribution in [1.82, 2.24) is 19.9 Å². The fourth-order valence-electron chi connectivity index (χ4n) is 2.22. The SMILES string of the molecule is CC(CO)Nc1nc(-c2cnc(N)nc2)cc2cc[nH]c(=O)c12. The summed E-state index contributed by atoms with van der Waals surface area (Å²) in [6.45, 7) is 1.72. The maximum atomic E-state index is 12.1. The van der Waals surface area contributed by atoms with Gasteiger partial charge >= 0.3 is 0 Å². The molecule has 0 aliphatic heterocycles. The topological polar surface area (TPSA) is 130 Å². The number of pyridine rings is 2. The van der Waals surface area contributed by atoms with Crippen LogP contribution in [0.1, 0.15) is 6.92 Å². The summed E-state index contributed by atoms with van der Waals surface area (Å²) in [6, 6.07) is 3.33. The predicted octanol–water partition coefficient (Wildman–Crippen LogP) is 0.755. The number of aliphatic hydroxyl groups excluding tert-OH is 1. The van der Waals surface area contributed by atoms with Gasteiger partial charge in [0.1, 0.15) is 5.82 Å². The lowest BCUT2D eigenvalue weighted by Crippen LogP contribution is -2.22. The number of fused-ring (bicyclic) bond motifs is 1. The summed E-state index contributed by atoms with van der Waals surface area (Å²) < 4.78 is 0. The average molecular weight is 312 g/mol. The van der Waals surface area contributed by atoms with E-state index in [1.54, 1.807) is 37.6 Å². The van der Waals surface area contributed by atoms with E-state index in [0.717, 1.165) is 5.39 Å². The van der Waals surface area contributed by atoms with Crippen LogP contribution in [0.3, 0.4) is 0 Å². The third kappa shape index (κ3) is 2.97. The number of nitrogens with zero attached hydrogens (tertiary/aromatic N) is 3. The molecular formula is C15H16N6O2. The first-order chi connectivity index (χ1) is 11.1. The van der Waals surface area contributed by atoms with Crippen molar-refractivity contribution < 1.29 is 5.11 Å².